The van der Waals surface area contributed by atoms with Crippen molar-refractivity contribution in [1.82, 2.24) is 20.1 Å². The van der Waals surface area contributed by atoms with Gasteiger partial charge in [0.1, 0.15) is 5.01 Å². The van der Waals surface area contributed by atoms with Crippen LogP contribution in [0.2, 0.25) is 0 Å². The lowest BCUT2D eigenvalue weighted by atomic mass is 10.3. The summed E-state index contributed by atoms with van der Waals surface area (Å²) in [6, 6.07) is 3.36. The van der Waals surface area contributed by atoms with Crippen LogP contribution in [0.25, 0.3) is 0 Å². The molecule has 3 heterocycles. The largest absolute Gasteiger partial charge is 0.464 e. The first kappa shape index (κ1) is 17.7. The van der Waals surface area contributed by atoms with Crippen LogP contribution in [0.5, 0.6) is 0 Å². The standard InChI is InChI=1S/C16H21N5O3S/c1-20(14-4-3-13(18-19-14)16(22)23-2)9-12-11-25-15(17-12)10-21-5-7-24-8-6-21/h3-4,11H,5-10H2,1-2H3. The number of rotatable bonds is 6. The molecule has 0 atom stereocenters. The van der Waals surface area contributed by atoms with E-state index in [2.05, 4.69) is 25.2 Å². The van der Waals surface area contributed by atoms with Crippen molar-refractivity contribution >= 4 is 23.1 Å². The van der Waals surface area contributed by atoms with Crippen LogP contribution in [0.4, 0.5) is 5.82 Å². The Morgan fingerprint density at radius 1 is 1.36 bits per heavy atom. The van der Waals surface area contributed by atoms with Gasteiger partial charge in [0.05, 0.1) is 39.1 Å². The van der Waals surface area contributed by atoms with Gasteiger partial charge in [0.2, 0.25) is 0 Å². The van der Waals surface area contributed by atoms with Crippen LogP contribution in [0.15, 0.2) is 17.5 Å². The van der Waals surface area contributed by atoms with Crippen molar-refractivity contribution < 1.29 is 14.3 Å². The number of thiazole rings is 1. The Hall–Kier alpha value is -2.10. The Bertz CT molecular complexity index is 700. The fourth-order valence-electron chi connectivity index (χ4n) is 2.51. The maximum absolute atomic E-state index is 11.4. The van der Waals surface area contributed by atoms with Gasteiger partial charge in [-0.2, -0.15) is 0 Å². The van der Waals surface area contributed by atoms with Crippen LogP contribution in [-0.4, -0.2) is 66.5 Å². The lowest BCUT2D eigenvalue weighted by molar-refractivity contribution is 0.0341. The molecular weight excluding hydrogens is 342 g/mol. The van der Waals surface area contributed by atoms with Crippen molar-refractivity contribution in [2.24, 2.45) is 0 Å². The summed E-state index contributed by atoms with van der Waals surface area (Å²) in [6.07, 6.45) is 0. The Morgan fingerprint density at radius 3 is 2.84 bits per heavy atom. The Labute approximate surface area is 150 Å². The van der Waals surface area contributed by atoms with Crippen molar-refractivity contribution in [1.29, 1.82) is 0 Å². The van der Waals surface area contributed by atoms with Gasteiger partial charge in [-0.15, -0.1) is 21.5 Å². The van der Waals surface area contributed by atoms with Gasteiger partial charge in [0.25, 0.3) is 0 Å². The smallest absolute Gasteiger partial charge is 0.358 e. The van der Waals surface area contributed by atoms with E-state index >= 15 is 0 Å². The number of hydrogen-bond donors (Lipinski definition) is 0. The second kappa shape index (κ2) is 8.32. The van der Waals surface area contributed by atoms with Gasteiger partial charge in [-0.3, -0.25) is 4.90 Å². The zero-order chi connectivity index (χ0) is 17.6. The van der Waals surface area contributed by atoms with Gasteiger partial charge < -0.3 is 14.4 Å². The predicted molar refractivity (Wildman–Crippen MR) is 93.7 cm³/mol. The van der Waals surface area contributed by atoms with Crippen molar-refractivity contribution in [2.45, 2.75) is 13.1 Å². The summed E-state index contributed by atoms with van der Waals surface area (Å²) in [5.74, 6) is 0.185. The quantitative estimate of drug-likeness (QED) is 0.708. The van der Waals surface area contributed by atoms with Crippen LogP contribution in [0.3, 0.4) is 0 Å². The molecule has 0 N–H and O–H groups in total. The molecule has 1 fully saturated rings. The molecule has 1 aliphatic rings. The molecule has 1 saturated heterocycles. The second-order valence-electron chi connectivity index (χ2n) is 5.75. The number of carbonyl (C=O) groups excluding carboxylic acids is 1. The fraction of sp³-hybridized carbons (Fsp3) is 0.500. The minimum absolute atomic E-state index is 0.195. The third-order valence-corrected chi connectivity index (χ3v) is 4.78. The minimum atomic E-state index is -0.492. The van der Waals surface area contributed by atoms with E-state index in [0.29, 0.717) is 12.4 Å². The summed E-state index contributed by atoms with van der Waals surface area (Å²) in [5.41, 5.74) is 1.19. The van der Waals surface area contributed by atoms with Crippen LogP contribution >= 0.6 is 11.3 Å². The molecule has 9 heteroatoms. The summed E-state index contributed by atoms with van der Waals surface area (Å²) >= 11 is 1.67. The molecule has 25 heavy (non-hydrogen) atoms. The highest BCUT2D eigenvalue weighted by molar-refractivity contribution is 7.09. The molecule has 0 aliphatic carbocycles. The highest BCUT2D eigenvalue weighted by Gasteiger charge is 2.14. The number of ether oxygens (including phenoxy) is 2. The number of aromatic nitrogens is 3. The molecule has 0 spiro atoms. The lowest BCUT2D eigenvalue weighted by Crippen LogP contribution is -2.35. The SMILES string of the molecule is COC(=O)c1ccc(N(C)Cc2csc(CN3CCOCC3)n2)nn1. The maximum Gasteiger partial charge on any atom is 0.358 e. The zero-order valence-corrected chi connectivity index (χ0v) is 15.2. The van der Waals surface area contributed by atoms with Crippen LogP contribution in [-0.2, 0) is 22.6 Å². The molecule has 2 aromatic heterocycles. The Morgan fingerprint density at radius 2 is 2.16 bits per heavy atom. The number of anilines is 1. The third-order valence-electron chi connectivity index (χ3n) is 3.90. The van der Waals surface area contributed by atoms with Gasteiger partial charge in [-0.1, -0.05) is 0 Å². The van der Waals surface area contributed by atoms with Crippen molar-refractivity contribution in [2.75, 3.05) is 45.4 Å². The third kappa shape index (κ3) is 4.71. The molecule has 3 rings (SSSR count). The molecule has 0 bridgehead atoms. The normalized spacial score (nSPS) is 15.1. The van der Waals surface area contributed by atoms with Gasteiger partial charge in [0.15, 0.2) is 11.5 Å². The van der Waals surface area contributed by atoms with Gasteiger partial charge >= 0.3 is 5.97 Å². The zero-order valence-electron chi connectivity index (χ0n) is 14.3. The number of morpholine rings is 1. The highest BCUT2D eigenvalue weighted by Crippen LogP contribution is 2.17. The number of hydrogen-bond acceptors (Lipinski definition) is 9. The molecule has 1 aliphatic heterocycles. The second-order valence-corrected chi connectivity index (χ2v) is 6.69. The highest BCUT2D eigenvalue weighted by atomic mass is 32.1. The van der Waals surface area contributed by atoms with E-state index in [9.17, 15) is 4.79 Å². The van der Waals surface area contributed by atoms with E-state index in [1.54, 1.807) is 23.5 Å². The molecule has 0 aromatic carbocycles. The molecule has 0 unspecified atom stereocenters. The summed E-state index contributed by atoms with van der Waals surface area (Å²) < 4.78 is 9.99. The average molecular weight is 363 g/mol. The molecule has 134 valence electrons. The summed E-state index contributed by atoms with van der Waals surface area (Å²) in [4.78, 5) is 20.4. The van der Waals surface area contributed by atoms with Gasteiger partial charge in [0, 0.05) is 25.5 Å². The first-order valence-corrected chi connectivity index (χ1v) is 8.90. The number of esters is 1. The molecule has 0 saturated carbocycles. The molecule has 0 radical (unpaired) electrons. The van der Waals surface area contributed by atoms with Crippen molar-refractivity contribution in [3.05, 3.63) is 33.9 Å². The molecule has 0 amide bonds. The van der Waals surface area contributed by atoms with E-state index in [1.807, 2.05) is 11.9 Å². The lowest BCUT2D eigenvalue weighted by Gasteiger charge is -2.25. The fourth-order valence-corrected chi connectivity index (χ4v) is 3.34. The van der Waals surface area contributed by atoms with E-state index in [-0.39, 0.29) is 5.69 Å². The van der Waals surface area contributed by atoms with Gasteiger partial charge in [-0.25, -0.2) is 9.78 Å². The Balaban J connectivity index is 1.57. The van der Waals surface area contributed by atoms with Crippen LogP contribution in [0.1, 0.15) is 21.2 Å². The Kier molecular flexibility index (Phi) is 5.90. The first-order chi connectivity index (χ1) is 12.2. The summed E-state index contributed by atoms with van der Waals surface area (Å²) in [7, 11) is 3.24. The minimum Gasteiger partial charge on any atom is -0.464 e. The van der Waals surface area contributed by atoms with Crippen LogP contribution < -0.4 is 4.90 Å². The van der Waals surface area contributed by atoms with E-state index in [4.69, 9.17) is 9.72 Å². The topological polar surface area (TPSA) is 80.7 Å². The monoisotopic (exact) mass is 363 g/mol. The van der Waals surface area contributed by atoms with E-state index in [1.165, 1.54) is 7.11 Å². The summed E-state index contributed by atoms with van der Waals surface area (Å²) in [6.45, 7) is 4.99. The number of nitrogens with zero attached hydrogens (tertiary/aromatic N) is 5. The van der Waals surface area contributed by atoms with E-state index < -0.39 is 5.97 Å². The maximum atomic E-state index is 11.4. The van der Waals surface area contributed by atoms with Crippen LogP contribution in [0, 0.1) is 0 Å². The van der Waals surface area contributed by atoms with Gasteiger partial charge in [-0.05, 0) is 12.1 Å². The molecule has 2 aromatic rings. The predicted octanol–water partition coefficient (Wildman–Crippen LogP) is 1.19. The average Bonchev–Trinajstić information content (AvgIpc) is 3.08. The molecule has 8 nitrogen and oxygen atoms in total. The summed E-state index contributed by atoms with van der Waals surface area (Å²) in [5, 5.41) is 11.1. The van der Waals surface area contributed by atoms with E-state index in [0.717, 1.165) is 43.5 Å². The number of methoxy groups -OCH3 is 1. The van der Waals surface area contributed by atoms with Crippen molar-refractivity contribution in [3.8, 4) is 0 Å². The molecular formula is C16H21N5O3S. The van der Waals surface area contributed by atoms with Crippen molar-refractivity contribution in [3.63, 3.8) is 0 Å². The number of carbonyl (C=O) groups is 1. The first-order valence-electron chi connectivity index (χ1n) is 8.02.